The Morgan fingerprint density at radius 3 is 2.57 bits per heavy atom. The molecule has 7 heteroatoms. The number of morpholine rings is 1. The SMILES string of the molecule is COc1ccc(C(=O)N(Cc2cc3cc4c(cc3nc2N2CCOCC2)CCC4)C[C@H]2CCCO2)cc1. The summed E-state index contributed by atoms with van der Waals surface area (Å²) in [5, 5.41) is 1.15. The molecule has 0 saturated carbocycles. The topological polar surface area (TPSA) is 64.1 Å². The number of hydrogen-bond acceptors (Lipinski definition) is 6. The fourth-order valence-corrected chi connectivity index (χ4v) is 5.82. The van der Waals surface area contributed by atoms with E-state index in [4.69, 9.17) is 19.2 Å². The van der Waals surface area contributed by atoms with Gasteiger partial charge in [-0.15, -0.1) is 0 Å². The molecule has 0 bridgehead atoms. The molecule has 6 rings (SSSR count). The maximum Gasteiger partial charge on any atom is 0.254 e. The van der Waals surface area contributed by atoms with E-state index in [1.807, 2.05) is 29.2 Å². The van der Waals surface area contributed by atoms with Gasteiger partial charge in [0.2, 0.25) is 0 Å². The fourth-order valence-electron chi connectivity index (χ4n) is 5.82. The number of aromatic nitrogens is 1. The third kappa shape index (κ3) is 5.15. The van der Waals surface area contributed by atoms with Crippen molar-refractivity contribution in [1.29, 1.82) is 0 Å². The van der Waals surface area contributed by atoms with Gasteiger partial charge in [-0.2, -0.15) is 0 Å². The summed E-state index contributed by atoms with van der Waals surface area (Å²) >= 11 is 0. The first-order valence-electron chi connectivity index (χ1n) is 13.5. The fraction of sp³-hybridized carbons (Fsp3) is 0.467. The van der Waals surface area contributed by atoms with E-state index < -0.39 is 0 Å². The number of amides is 1. The Hall–Kier alpha value is -3.16. The third-order valence-electron chi connectivity index (χ3n) is 7.83. The molecule has 1 amide bonds. The van der Waals surface area contributed by atoms with Gasteiger partial charge in [-0.1, -0.05) is 0 Å². The van der Waals surface area contributed by atoms with Gasteiger partial charge >= 0.3 is 0 Å². The average molecular weight is 502 g/mol. The molecule has 2 saturated heterocycles. The predicted octanol–water partition coefficient (Wildman–Crippen LogP) is 4.39. The number of fused-ring (bicyclic) bond motifs is 2. The molecule has 194 valence electrons. The quantitative estimate of drug-likeness (QED) is 0.479. The number of aryl methyl sites for hydroxylation is 2. The van der Waals surface area contributed by atoms with E-state index in [2.05, 4.69) is 23.1 Å². The highest BCUT2D eigenvalue weighted by Crippen LogP contribution is 2.32. The van der Waals surface area contributed by atoms with Crippen molar-refractivity contribution >= 4 is 22.6 Å². The van der Waals surface area contributed by atoms with Gasteiger partial charge in [0.05, 0.1) is 31.9 Å². The van der Waals surface area contributed by atoms with Crippen molar-refractivity contribution in [2.45, 2.75) is 44.8 Å². The van der Waals surface area contributed by atoms with Gasteiger partial charge in [-0.3, -0.25) is 4.79 Å². The number of hydrogen-bond donors (Lipinski definition) is 0. The van der Waals surface area contributed by atoms with Gasteiger partial charge in [0.25, 0.3) is 5.91 Å². The van der Waals surface area contributed by atoms with Crippen LogP contribution in [-0.2, 0) is 28.9 Å². The molecular formula is C30H35N3O4. The van der Waals surface area contributed by atoms with Gasteiger partial charge in [0, 0.05) is 49.3 Å². The number of ether oxygens (including phenoxy) is 3. The molecule has 37 heavy (non-hydrogen) atoms. The van der Waals surface area contributed by atoms with Crippen LogP contribution in [0.1, 0.15) is 46.3 Å². The molecule has 3 aromatic rings. The van der Waals surface area contributed by atoms with Gasteiger partial charge in [-0.25, -0.2) is 4.98 Å². The number of rotatable bonds is 7. The molecule has 2 fully saturated rings. The van der Waals surface area contributed by atoms with Crippen LogP contribution in [0, 0.1) is 0 Å². The molecule has 1 atom stereocenters. The molecule has 0 unspecified atom stereocenters. The van der Waals surface area contributed by atoms with Crippen molar-refractivity contribution in [3.05, 3.63) is 64.7 Å². The molecular weight excluding hydrogens is 466 g/mol. The largest absolute Gasteiger partial charge is 0.497 e. The highest BCUT2D eigenvalue weighted by molar-refractivity contribution is 5.94. The van der Waals surface area contributed by atoms with Crippen molar-refractivity contribution in [1.82, 2.24) is 9.88 Å². The maximum atomic E-state index is 13.8. The van der Waals surface area contributed by atoms with Crippen molar-refractivity contribution in [3.8, 4) is 5.75 Å². The van der Waals surface area contributed by atoms with Crippen LogP contribution >= 0.6 is 0 Å². The third-order valence-corrected chi connectivity index (χ3v) is 7.83. The van der Waals surface area contributed by atoms with E-state index in [9.17, 15) is 4.79 Å². The van der Waals surface area contributed by atoms with Crippen LogP contribution in [0.5, 0.6) is 5.75 Å². The Kier molecular flexibility index (Phi) is 6.98. The summed E-state index contributed by atoms with van der Waals surface area (Å²) in [6.45, 7) is 4.79. The second-order valence-electron chi connectivity index (χ2n) is 10.3. The summed E-state index contributed by atoms with van der Waals surface area (Å²) < 4.78 is 16.9. The predicted molar refractivity (Wildman–Crippen MR) is 144 cm³/mol. The summed E-state index contributed by atoms with van der Waals surface area (Å²) in [7, 11) is 1.63. The summed E-state index contributed by atoms with van der Waals surface area (Å²) in [5.74, 6) is 1.71. The Morgan fingerprint density at radius 2 is 1.84 bits per heavy atom. The van der Waals surface area contributed by atoms with E-state index in [1.54, 1.807) is 7.11 Å². The van der Waals surface area contributed by atoms with Crippen molar-refractivity contribution in [2.75, 3.05) is 51.5 Å². The molecule has 2 aliphatic heterocycles. The first-order chi connectivity index (χ1) is 18.2. The lowest BCUT2D eigenvalue weighted by Gasteiger charge is -2.32. The lowest BCUT2D eigenvalue weighted by molar-refractivity contribution is 0.0507. The van der Waals surface area contributed by atoms with E-state index in [1.165, 1.54) is 17.5 Å². The Labute approximate surface area is 218 Å². The van der Waals surface area contributed by atoms with Gasteiger partial charge < -0.3 is 24.0 Å². The number of benzene rings is 2. The number of carbonyl (C=O) groups excluding carboxylic acids is 1. The molecule has 2 aromatic carbocycles. The van der Waals surface area contributed by atoms with Crippen molar-refractivity contribution in [3.63, 3.8) is 0 Å². The first-order valence-corrected chi connectivity index (χ1v) is 13.5. The first kappa shape index (κ1) is 24.2. The summed E-state index contributed by atoms with van der Waals surface area (Å²) in [4.78, 5) is 23.3. The van der Waals surface area contributed by atoms with Crippen LogP contribution in [0.4, 0.5) is 5.82 Å². The smallest absolute Gasteiger partial charge is 0.254 e. The molecule has 0 radical (unpaired) electrons. The highest BCUT2D eigenvalue weighted by atomic mass is 16.5. The van der Waals surface area contributed by atoms with Crippen molar-refractivity contribution < 1.29 is 19.0 Å². The number of pyridine rings is 1. The lowest BCUT2D eigenvalue weighted by Crippen LogP contribution is -2.40. The van der Waals surface area contributed by atoms with Gasteiger partial charge in [0.15, 0.2) is 0 Å². The van der Waals surface area contributed by atoms with Gasteiger partial charge in [0.1, 0.15) is 11.6 Å². The zero-order valence-electron chi connectivity index (χ0n) is 21.6. The normalized spacial score (nSPS) is 19.3. The van der Waals surface area contributed by atoms with Gasteiger partial charge in [-0.05, 0) is 85.7 Å². The molecule has 3 aliphatic rings. The van der Waals surface area contributed by atoms with Crippen LogP contribution < -0.4 is 9.64 Å². The summed E-state index contributed by atoms with van der Waals surface area (Å²) in [6.07, 6.45) is 5.55. The van der Waals surface area contributed by atoms with E-state index in [-0.39, 0.29) is 12.0 Å². The second-order valence-corrected chi connectivity index (χ2v) is 10.3. The standard InChI is InChI=1S/C30H35N3O4/c1-35-26-9-7-21(8-10-26)30(34)33(20-27-6-3-13-37-27)19-25-17-24-16-22-4-2-5-23(22)18-28(24)31-29(25)32-11-14-36-15-12-32/h7-10,16-18,27H,2-6,11-15,19-20H2,1H3/t27-/m1/s1. The van der Waals surface area contributed by atoms with Crippen LogP contribution in [0.25, 0.3) is 10.9 Å². The van der Waals surface area contributed by atoms with Crippen LogP contribution in [-0.4, -0.2) is 68.5 Å². The summed E-state index contributed by atoms with van der Waals surface area (Å²) in [5.41, 5.74) is 5.63. The zero-order chi connectivity index (χ0) is 25.2. The van der Waals surface area contributed by atoms with E-state index >= 15 is 0 Å². The Balaban J connectivity index is 1.38. The molecule has 0 spiro atoms. The van der Waals surface area contributed by atoms with E-state index in [0.717, 1.165) is 73.4 Å². The highest BCUT2D eigenvalue weighted by Gasteiger charge is 2.27. The molecule has 3 heterocycles. The van der Waals surface area contributed by atoms with Crippen LogP contribution in [0.3, 0.4) is 0 Å². The minimum Gasteiger partial charge on any atom is -0.497 e. The molecule has 1 aliphatic carbocycles. The van der Waals surface area contributed by atoms with Crippen LogP contribution in [0.2, 0.25) is 0 Å². The zero-order valence-corrected chi connectivity index (χ0v) is 21.6. The maximum absolute atomic E-state index is 13.8. The summed E-state index contributed by atoms with van der Waals surface area (Å²) in [6, 6.07) is 14.2. The molecule has 1 aromatic heterocycles. The Morgan fingerprint density at radius 1 is 1.05 bits per heavy atom. The minimum absolute atomic E-state index is 0.000121. The minimum atomic E-state index is 0.000121. The monoisotopic (exact) mass is 501 g/mol. The second kappa shape index (κ2) is 10.7. The number of carbonyl (C=O) groups is 1. The molecule has 7 nitrogen and oxygen atoms in total. The lowest BCUT2D eigenvalue weighted by atomic mass is 10.0. The van der Waals surface area contributed by atoms with Crippen molar-refractivity contribution in [2.24, 2.45) is 0 Å². The Bertz CT molecular complexity index is 1260. The number of nitrogens with zero attached hydrogens (tertiary/aromatic N) is 3. The average Bonchev–Trinajstić information content (AvgIpc) is 3.63. The number of anilines is 1. The van der Waals surface area contributed by atoms with E-state index in [0.29, 0.717) is 31.9 Å². The molecule has 0 N–H and O–H groups in total. The van der Waals surface area contributed by atoms with Crippen LogP contribution in [0.15, 0.2) is 42.5 Å². The number of methoxy groups -OCH3 is 1.